The van der Waals surface area contributed by atoms with Gasteiger partial charge in [-0.2, -0.15) is 5.10 Å². The van der Waals surface area contributed by atoms with E-state index in [0.29, 0.717) is 11.3 Å². The molecule has 1 heterocycles. The number of rotatable bonds is 5. The number of carbonyl (C=O) groups excluding carboxylic acids is 1. The van der Waals surface area contributed by atoms with Gasteiger partial charge in [-0.1, -0.05) is 13.8 Å². The van der Waals surface area contributed by atoms with E-state index >= 15 is 0 Å². The van der Waals surface area contributed by atoms with E-state index in [2.05, 4.69) is 15.5 Å². The van der Waals surface area contributed by atoms with Crippen molar-refractivity contribution in [2.24, 2.45) is 5.92 Å². The second kappa shape index (κ2) is 6.38. The summed E-state index contributed by atoms with van der Waals surface area (Å²) in [5, 5.41) is 18.0. The van der Waals surface area contributed by atoms with Crippen LogP contribution in [0.5, 0.6) is 0 Å². The van der Waals surface area contributed by atoms with Gasteiger partial charge in [0.15, 0.2) is 0 Å². The van der Waals surface area contributed by atoms with Crippen molar-refractivity contribution in [3.63, 3.8) is 0 Å². The lowest BCUT2D eigenvalue weighted by molar-refractivity contribution is -0.140. The van der Waals surface area contributed by atoms with Gasteiger partial charge >= 0.3 is 5.97 Å². The van der Waals surface area contributed by atoms with E-state index in [1.165, 1.54) is 18.2 Å². The number of halogens is 1. The van der Waals surface area contributed by atoms with Crippen molar-refractivity contribution in [3.05, 3.63) is 41.8 Å². The minimum absolute atomic E-state index is 0.145. The van der Waals surface area contributed by atoms with Crippen LogP contribution in [0, 0.1) is 11.7 Å². The highest BCUT2D eigenvalue weighted by Gasteiger charge is 2.24. The van der Waals surface area contributed by atoms with Crippen LogP contribution in [0.1, 0.15) is 24.3 Å². The number of hydrogen-bond donors (Lipinski definition) is 3. The average Bonchev–Trinajstić information content (AvgIpc) is 2.94. The molecule has 0 saturated carbocycles. The summed E-state index contributed by atoms with van der Waals surface area (Å²) in [6, 6.07) is 6.18. The summed E-state index contributed by atoms with van der Waals surface area (Å²) in [4.78, 5) is 23.1. The number of aromatic nitrogens is 2. The molecule has 0 aliphatic rings. The molecule has 0 bridgehead atoms. The van der Waals surface area contributed by atoms with Gasteiger partial charge in [0, 0.05) is 5.56 Å². The van der Waals surface area contributed by atoms with E-state index in [1.807, 2.05) is 0 Å². The Hall–Kier alpha value is -2.70. The first kappa shape index (κ1) is 15.7. The molecule has 0 radical (unpaired) electrons. The Kier molecular flexibility index (Phi) is 4.55. The molecule has 2 aromatic rings. The molecule has 0 spiro atoms. The first-order chi connectivity index (χ1) is 10.4. The molecule has 1 aromatic heterocycles. The van der Waals surface area contributed by atoms with E-state index in [-0.39, 0.29) is 17.4 Å². The zero-order valence-corrected chi connectivity index (χ0v) is 12.1. The van der Waals surface area contributed by atoms with Crippen molar-refractivity contribution in [3.8, 4) is 11.3 Å². The van der Waals surface area contributed by atoms with Gasteiger partial charge in [-0.25, -0.2) is 9.18 Å². The monoisotopic (exact) mass is 305 g/mol. The molecule has 0 aliphatic carbocycles. The lowest BCUT2D eigenvalue weighted by Crippen LogP contribution is -2.44. The van der Waals surface area contributed by atoms with Crippen LogP contribution < -0.4 is 5.32 Å². The number of H-pyrrole nitrogens is 1. The zero-order chi connectivity index (χ0) is 16.3. The maximum absolute atomic E-state index is 12.9. The normalized spacial score (nSPS) is 12.2. The molecule has 116 valence electrons. The number of nitrogens with one attached hydrogen (secondary N) is 2. The summed E-state index contributed by atoms with van der Waals surface area (Å²) in [7, 11) is 0. The Morgan fingerprint density at radius 2 is 1.91 bits per heavy atom. The van der Waals surface area contributed by atoms with Crippen molar-refractivity contribution in [1.82, 2.24) is 15.5 Å². The number of hydrogen-bond acceptors (Lipinski definition) is 3. The van der Waals surface area contributed by atoms with Crippen molar-refractivity contribution in [2.45, 2.75) is 19.9 Å². The minimum atomic E-state index is -1.10. The summed E-state index contributed by atoms with van der Waals surface area (Å²) in [5.41, 5.74) is 1.27. The van der Waals surface area contributed by atoms with Gasteiger partial charge < -0.3 is 10.4 Å². The lowest BCUT2D eigenvalue weighted by atomic mass is 10.0. The molecule has 0 aliphatic heterocycles. The van der Waals surface area contributed by atoms with E-state index in [4.69, 9.17) is 5.11 Å². The predicted octanol–water partition coefficient (Wildman–Crippen LogP) is 2.05. The highest BCUT2D eigenvalue weighted by Crippen LogP contribution is 2.18. The number of carboxylic acids is 1. The lowest BCUT2D eigenvalue weighted by Gasteiger charge is -2.17. The molecule has 3 N–H and O–H groups in total. The van der Waals surface area contributed by atoms with Crippen LogP contribution in [-0.4, -0.2) is 33.2 Å². The molecule has 2 rings (SSSR count). The summed E-state index contributed by atoms with van der Waals surface area (Å²) in [6.07, 6.45) is 0. The third-order valence-corrected chi connectivity index (χ3v) is 3.18. The Morgan fingerprint density at radius 3 is 2.45 bits per heavy atom. The van der Waals surface area contributed by atoms with Crippen LogP contribution >= 0.6 is 0 Å². The maximum Gasteiger partial charge on any atom is 0.326 e. The molecule has 22 heavy (non-hydrogen) atoms. The van der Waals surface area contributed by atoms with Crippen LogP contribution in [0.25, 0.3) is 11.3 Å². The number of amides is 1. The summed E-state index contributed by atoms with van der Waals surface area (Å²) in [5.74, 6) is -2.26. The molecule has 1 atom stereocenters. The number of carbonyl (C=O) groups is 2. The van der Waals surface area contributed by atoms with Crippen molar-refractivity contribution < 1.29 is 19.1 Å². The first-order valence-electron chi connectivity index (χ1n) is 6.73. The topological polar surface area (TPSA) is 95.1 Å². The van der Waals surface area contributed by atoms with Crippen LogP contribution in [0.4, 0.5) is 4.39 Å². The van der Waals surface area contributed by atoms with Crippen LogP contribution in [-0.2, 0) is 4.79 Å². The number of carboxylic acid groups (broad SMARTS) is 1. The van der Waals surface area contributed by atoms with Gasteiger partial charge in [0.2, 0.25) is 0 Å². The Morgan fingerprint density at radius 1 is 1.27 bits per heavy atom. The Labute approximate surface area is 126 Å². The van der Waals surface area contributed by atoms with Crippen molar-refractivity contribution in [2.75, 3.05) is 0 Å². The summed E-state index contributed by atoms with van der Waals surface area (Å²) >= 11 is 0. The van der Waals surface area contributed by atoms with Crippen LogP contribution in [0.3, 0.4) is 0 Å². The highest BCUT2D eigenvalue weighted by molar-refractivity contribution is 5.95. The molecule has 1 aromatic carbocycles. The fourth-order valence-corrected chi connectivity index (χ4v) is 1.94. The van der Waals surface area contributed by atoms with E-state index in [1.54, 1.807) is 26.0 Å². The van der Waals surface area contributed by atoms with Gasteiger partial charge in [0.05, 0.1) is 5.69 Å². The third kappa shape index (κ3) is 3.49. The SMILES string of the molecule is CC(C)[C@@H](NC(=O)c1cc(-c2ccc(F)cc2)n[nH]1)C(=O)O. The quantitative estimate of drug-likeness (QED) is 0.788. The smallest absolute Gasteiger partial charge is 0.326 e. The van der Waals surface area contributed by atoms with Gasteiger partial charge in [0.1, 0.15) is 17.6 Å². The summed E-state index contributed by atoms with van der Waals surface area (Å²) < 4.78 is 12.9. The Bertz CT molecular complexity index is 680. The summed E-state index contributed by atoms with van der Waals surface area (Å²) in [6.45, 7) is 3.41. The largest absolute Gasteiger partial charge is 0.480 e. The highest BCUT2D eigenvalue weighted by atomic mass is 19.1. The second-order valence-electron chi connectivity index (χ2n) is 5.21. The fourth-order valence-electron chi connectivity index (χ4n) is 1.94. The number of nitrogens with zero attached hydrogens (tertiary/aromatic N) is 1. The third-order valence-electron chi connectivity index (χ3n) is 3.18. The zero-order valence-electron chi connectivity index (χ0n) is 12.1. The van der Waals surface area contributed by atoms with E-state index in [9.17, 15) is 14.0 Å². The van der Waals surface area contributed by atoms with E-state index < -0.39 is 17.9 Å². The molecule has 7 heteroatoms. The average molecular weight is 305 g/mol. The van der Waals surface area contributed by atoms with E-state index in [0.717, 1.165) is 0 Å². The predicted molar refractivity (Wildman–Crippen MR) is 77.7 cm³/mol. The van der Waals surface area contributed by atoms with Crippen LogP contribution in [0.2, 0.25) is 0 Å². The van der Waals surface area contributed by atoms with Gasteiger partial charge in [-0.3, -0.25) is 9.89 Å². The minimum Gasteiger partial charge on any atom is -0.480 e. The fraction of sp³-hybridized carbons (Fsp3) is 0.267. The van der Waals surface area contributed by atoms with Gasteiger partial charge in [-0.15, -0.1) is 0 Å². The molecule has 6 nitrogen and oxygen atoms in total. The van der Waals surface area contributed by atoms with Gasteiger partial charge in [0.25, 0.3) is 5.91 Å². The number of aromatic amines is 1. The number of aliphatic carboxylic acids is 1. The standard InChI is InChI=1S/C15H16FN3O3/c1-8(2)13(15(21)22)17-14(20)12-7-11(18-19-12)9-3-5-10(16)6-4-9/h3-8,13H,1-2H3,(H,17,20)(H,18,19)(H,21,22)/t13-/m1/s1. The van der Waals surface area contributed by atoms with Gasteiger partial charge in [-0.05, 0) is 36.2 Å². The number of benzene rings is 1. The molecule has 1 amide bonds. The second-order valence-corrected chi connectivity index (χ2v) is 5.21. The Balaban J connectivity index is 2.15. The molecule has 0 unspecified atom stereocenters. The molecule has 0 saturated heterocycles. The first-order valence-corrected chi connectivity index (χ1v) is 6.73. The molecular formula is C15H16FN3O3. The van der Waals surface area contributed by atoms with Crippen molar-refractivity contribution >= 4 is 11.9 Å². The van der Waals surface area contributed by atoms with Crippen LogP contribution in [0.15, 0.2) is 30.3 Å². The molecular weight excluding hydrogens is 289 g/mol. The maximum atomic E-state index is 12.9. The molecule has 0 fully saturated rings. The van der Waals surface area contributed by atoms with Crippen molar-refractivity contribution in [1.29, 1.82) is 0 Å².